The van der Waals surface area contributed by atoms with E-state index in [0.29, 0.717) is 11.8 Å². The highest BCUT2D eigenvalue weighted by molar-refractivity contribution is 8.34. The highest BCUT2D eigenvalue weighted by Crippen LogP contribution is 2.52. The summed E-state index contributed by atoms with van der Waals surface area (Å²) in [5, 5.41) is 0. The summed E-state index contributed by atoms with van der Waals surface area (Å²) in [6, 6.07) is 28.0. The van der Waals surface area contributed by atoms with Crippen LogP contribution in [-0.2, 0) is 4.55 Å². The number of benzene rings is 3. The van der Waals surface area contributed by atoms with Crippen molar-refractivity contribution in [3.05, 3.63) is 102 Å². The van der Waals surface area contributed by atoms with Gasteiger partial charge in [0.1, 0.15) is 0 Å². The fourth-order valence-electron chi connectivity index (χ4n) is 4.73. The van der Waals surface area contributed by atoms with E-state index in [2.05, 4.69) is 124 Å². The molecule has 0 aliphatic carbocycles. The summed E-state index contributed by atoms with van der Waals surface area (Å²) >= 11 is 0. The van der Waals surface area contributed by atoms with Gasteiger partial charge in [-0.15, -0.1) is 0 Å². The van der Waals surface area contributed by atoms with Crippen LogP contribution in [-0.4, -0.2) is 39.4 Å². The summed E-state index contributed by atoms with van der Waals surface area (Å²) in [7, 11) is 12.0. The summed E-state index contributed by atoms with van der Waals surface area (Å²) in [5.74, 6) is 0.732. The molecule has 0 aliphatic heterocycles. The number of nitrogens with zero attached hydrogens (tertiary/aromatic N) is 1. The van der Waals surface area contributed by atoms with E-state index in [1.807, 2.05) is 12.3 Å². The van der Waals surface area contributed by atoms with Crippen molar-refractivity contribution < 1.29 is 0 Å². The van der Waals surface area contributed by atoms with Gasteiger partial charge in [-0.3, -0.25) is 15.0 Å². The summed E-state index contributed by atoms with van der Waals surface area (Å²) < 4.78 is -0.820. The Hall–Kier alpha value is -2.71. The van der Waals surface area contributed by atoms with Gasteiger partial charge in [0.05, 0.1) is 21.4 Å². The fourth-order valence-corrected chi connectivity index (χ4v) is 5.57. The molecule has 1 heterocycles. The molecule has 186 valence electrons. The minimum Gasteiger partial charge on any atom is -0.256 e. The van der Waals surface area contributed by atoms with E-state index in [1.165, 1.54) is 33.4 Å². The maximum Gasteiger partial charge on any atom is 0.0804 e. The van der Waals surface area contributed by atoms with Gasteiger partial charge in [0, 0.05) is 11.8 Å². The summed E-state index contributed by atoms with van der Waals surface area (Å²) in [6.07, 6.45) is 8.41. The summed E-state index contributed by atoms with van der Waals surface area (Å²) in [6.45, 7) is 9.10. The summed E-state index contributed by atoms with van der Waals surface area (Å²) in [4.78, 5) is 4.68. The van der Waals surface area contributed by atoms with Crippen molar-refractivity contribution in [2.24, 2.45) is 0 Å². The van der Waals surface area contributed by atoms with Crippen molar-refractivity contribution in [2.45, 2.75) is 44.1 Å². The number of hydrogen-bond donors (Lipinski definition) is 0. The van der Waals surface area contributed by atoms with Crippen LogP contribution >= 0.6 is 10.0 Å². The summed E-state index contributed by atoms with van der Waals surface area (Å²) in [5.41, 5.74) is 10.7. The van der Waals surface area contributed by atoms with Crippen molar-refractivity contribution in [3.63, 3.8) is 0 Å². The van der Waals surface area contributed by atoms with E-state index < -0.39 is 14.6 Å². The zero-order chi connectivity index (χ0) is 27.0. The topological polar surface area (TPSA) is 12.9 Å². The van der Waals surface area contributed by atoms with Crippen molar-refractivity contribution in [2.75, 3.05) is 18.8 Å². The van der Waals surface area contributed by atoms with Crippen LogP contribution in [0.5, 0.6) is 0 Å². The average molecular weight is 501 g/mol. The second kappa shape index (κ2) is 10.6. The van der Waals surface area contributed by atoms with E-state index in [9.17, 15) is 0 Å². The molecule has 4 rings (SSSR count). The zero-order valence-corrected chi connectivity index (χ0v) is 24.1. The Balaban J connectivity index is 1.84. The molecule has 0 aliphatic rings. The fraction of sp³-hybridized carbons (Fsp3) is 0.303. The molecule has 0 bridgehead atoms. The molecule has 0 N–H and O–H groups in total. The first-order valence-electron chi connectivity index (χ1n) is 13.0. The molecule has 0 atom stereocenters. The van der Waals surface area contributed by atoms with Crippen LogP contribution in [0.2, 0.25) is 0 Å². The van der Waals surface area contributed by atoms with Gasteiger partial charge in [-0.05, 0) is 80.7 Å². The lowest BCUT2D eigenvalue weighted by Gasteiger charge is -2.45. The van der Waals surface area contributed by atoms with Gasteiger partial charge >= 0.3 is 0 Å². The zero-order valence-electron chi connectivity index (χ0n) is 23.2. The lowest BCUT2D eigenvalue weighted by molar-refractivity contribution is 0.838. The van der Waals surface area contributed by atoms with E-state index in [-0.39, 0.29) is 0 Å². The Morgan fingerprint density at radius 1 is 0.649 bits per heavy atom. The molecule has 0 fully saturated rings. The molecule has 0 spiro atoms. The molecular formula is C33H37B2NS. The van der Waals surface area contributed by atoms with Crippen molar-refractivity contribution in [1.82, 2.24) is 4.98 Å². The van der Waals surface area contributed by atoms with Crippen LogP contribution in [0.4, 0.5) is 0 Å². The molecule has 0 saturated carbocycles. The molecule has 4 aromatic rings. The second-order valence-electron chi connectivity index (χ2n) is 11.3. The first-order chi connectivity index (χ1) is 17.4. The average Bonchev–Trinajstić information content (AvgIpc) is 2.88. The van der Waals surface area contributed by atoms with Gasteiger partial charge < -0.3 is 0 Å². The largest absolute Gasteiger partial charge is 0.256 e. The van der Waals surface area contributed by atoms with Gasteiger partial charge in [-0.1, -0.05) is 100.0 Å². The number of hydrogen-bond acceptors (Lipinski definition) is 1. The predicted octanol–water partition coefficient (Wildman–Crippen LogP) is 8.47. The standard InChI is InChI=1S/C33H37B2NS/c1-22(2)29-19-27(24-13-15-28(16-14-24)33(34,35)37(5,6)7)20-30(23(3)4)32(29)26-17-18-36-31(21-26)25-11-9-8-10-12-25/h8-23H,1-7H3. The van der Waals surface area contributed by atoms with Crippen LogP contribution in [0.3, 0.4) is 0 Å². The van der Waals surface area contributed by atoms with E-state index >= 15 is 0 Å². The van der Waals surface area contributed by atoms with Crippen molar-refractivity contribution in [1.29, 1.82) is 0 Å². The van der Waals surface area contributed by atoms with Crippen molar-refractivity contribution in [3.8, 4) is 33.5 Å². The molecule has 1 nitrogen and oxygen atoms in total. The van der Waals surface area contributed by atoms with E-state index in [0.717, 1.165) is 16.8 Å². The second-order valence-corrected chi connectivity index (χ2v) is 15.7. The van der Waals surface area contributed by atoms with Crippen LogP contribution in [0, 0.1) is 0 Å². The molecule has 37 heavy (non-hydrogen) atoms. The smallest absolute Gasteiger partial charge is 0.0804 e. The SMILES string of the molecule is [B]C([B])(c1ccc(-c2cc(C(C)C)c(-c3ccnc(-c4ccccc4)c3)c(C(C)C)c2)cc1)S(C)(C)C. The Morgan fingerprint density at radius 3 is 1.73 bits per heavy atom. The Bertz CT molecular complexity index is 1340. The van der Waals surface area contributed by atoms with Gasteiger partial charge in [-0.2, -0.15) is 0 Å². The molecule has 4 radical (unpaired) electrons. The maximum atomic E-state index is 6.58. The molecule has 1 aromatic heterocycles. The lowest BCUT2D eigenvalue weighted by Crippen LogP contribution is -2.32. The highest BCUT2D eigenvalue weighted by atomic mass is 32.3. The van der Waals surface area contributed by atoms with Gasteiger partial charge in [0.25, 0.3) is 0 Å². The maximum absolute atomic E-state index is 6.58. The van der Waals surface area contributed by atoms with E-state index in [1.54, 1.807) is 0 Å². The predicted molar refractivity (Wildman–Crippen MR) is 167 cm³/mol. The van der Waals surface area contributed by atoms with Crippen LogP contribution < -0.4 is 0 Å². The van der Waals surface area contributed by atoms with Crippen LogP contribution in [0.25, 0.3) is 33.5 Å². The third-order valence-corrected chi connectivity index (χ3v) is 9.51. The monoisotopic (exact) mass is 501 g/mol. The van der Waals surface area contributed by atoms with Crippen LogP contribution in [0.1, 0.15) is 56.2 Å². The third-order valence-electron chi connectivity index (χ3n) is 7.24. The number of aromatic nitrogens is 1. The van der Waals surface area contributed by atoms with Gasteiger partial charge in [0.2, 0.25) is 0 Å². The molecule has 0 saturated heterocycles. The number of pyridine rings is 1. The minimum absolute atomic E-state index is 0.366. The normalized spacial score (nSPS) is 12.8. The Morgan fingerprint density at radius 2 is 1.22 bits per heavy atom. The minimum atomic E-state index is -1.18. The van der Waals surface area contributed by atoms with Crippen molar-refractivity contribution >= 4 is 25.7 Å². The highest BCUT2D eigenvalue weighted by Gasteiger charge is 2.29. The Labute approximate surface area is 228 Å². The molecule has 0 unspecified atom stereocenters. The first kappa shape index (κ1) is 27.3. The van der Waals surface area contributed by atoms with Gasteiger partial charge in [-0.25, -0.2) is 0 Å². The quantitative estimate of drug-likeness (QED) is 0.232. The van der Waals surface area contributed by atoms with E-state index in [4.69, 9.17) is 15.7 Å². The molecule has 3 aromatic carbocycles. The number of rotatable bonds is 7. The molecular weight excluding hydrogens is 464 g/mol. The first-order valence-corrected chi connectivity index (χ1v) is 15.8. The van der Waals surface area contributed by atoms with Crippen LogP contribution in [0.15, 0.2) is 85.1 Å². The van der Waals surface area contributed by atoms with Gasteiger partial charge in [0.15, 0.2) is 0 Å². The third kappa shape index (κ3) is 5.60. The molecule has 0 amide bonds. The lowest BCUT2D eigenvalue weighted by atomic mass is 9.65. The molecule has 4 heteroatoms. The Kier molecular flexibility index (Phi) is 7.81.